The van der Waals surface area contributed by atoms with Crippen molar-refractivity contribution >= 4 is 34.7 Å². The molecule has 0 rings (SSSR count). The minimum absolute atomic E-state index is 0. The molecule has 5 nitrogen and oxygen atoms in total. The molecule has 0 aliphatic rings. The standard InChI is InChI=1S/2Al.HNO3.H2O/c;;2-1(3)4;/h;;(H,2,3,4);1H2/q2*+3;;. The average Bonchev–Trinajstić information content (AvgIpc) is 0.811. The molecule has 0 heterocycles. The van der Waals surface area contributed by atoms with Gasteiger partial charge in [-0.2, -0.15) is 0 Å². The van der Waals surface area contributed by atoms with E-state index in [1.54, 1.807) is 0 Å². The maximum atomic E-state index is 8.36. The summed E-state index contributed by atoms with van der Waals surface area (Å²) >= 11 is 0. The number of rotatable bonds is 0. The summed E-state index contributed by atoms with van der Waals surface area (Å²) in [6.07, 6.45) is 0. The van der Waals surface area contributed by atoms with E-state index in [1.807, 2.05) is 0 Å². The molecular weight excluding hydrogens is 132 g/mol. The minimum atomic E-state index is -1.50. The van der Waals surface area contributed by atoms with Gasteiger partial charge in [0, 0.05) is 0 Å². The zero-order chi connectivity index (χ0) is 3.58. The van der Waals surface area contributed by atoms with Gasteiger partial charge in [0.25, 0.3) is 5.09 Å². The second kappa shape index (κ2) is 16.3. The van der Waals surface area contributed by atoms with Crippen molar-refractivity contribution in [1.82, 2.24) is 0 Å². The number of nitrogens with zero attached hydrogens (tertiary/aromatic N) is 1. The van der Waals surface area contributed by atoms with Crippen LogP contribution in [-0.2, 0) is 0 Å². The van der Waals surface area contributed by atoms with Crippen LogP contribution in [0.4, 0.5) is 0 Å². The summed E-state index contributed by atoms with van der Waals surface area (Å²) in [5.41, 5.74) is 0. The van der Waals surface area contributed by atoms with Gasteiger partial charge in [-0.1, -0.05) is 0 Å². The van der Waals surface area contributed by atoms with E-state index in [2.05, 4.69) is 0 Å². The van der Waals surface area contributed by atoms with Gasteiger partial charge in [0.1, 0.15) is 0 Å². The molecule has 0 saturated carbocycles. The SMILES string of the molecule is O.O=[N+]([O-])O.[Al+3].[Al+3]. The summed E-state index contributed by atoms with van der Waals surface area (Å²) in [6, 6.07) is 0. The van der Waals surface area contributed by atoms with Crippen molar-refractivity contribution in [2.24, 2.45) is 0 Å². The van der Waals surface area contributed by atoms with Gasteiger partial charge in [0.2, 0.25) is 0 Å². The molecule has 7 heavy (non-hydrogen) atoms. The Kier molecular flexibility index (Phi) is 62.8. The van der Waals surface area contributed by atoms with Crippen molar-refractivity contribution in [1.29, 1.82) is 0 Å². The van der Waals surface area contributed by atoms with Crippen LogP contribution in [0.2, 0.25) is 0 Å². The second-order valence-corrected chi connectivity index (χ2v) is 0.238. The van der Waals surface area contributed by atoms with E-state index >= 15 is 0 Å². The quantitative estimate of drug-likeness (QED) is 0.238. The van der Waals surface area contributed by atoms with Crippen molar-refractivity contribution in [2.45, 2.75) is 0 Å². The van der Waals surface area contributed by atoms with Crippen LogP contribution in [-0.4, -0.2) is 50.5 Å². The molecule has 32 valence electrons. The molecule has 0 unspecified atom stereocenters. The van der Waals surface area contributed by atoms with Crippen LogP contribution in [0.15, 0.2) is 0 Å². The molecular formula is H3Al2NO4+6. The summed E-state index contributed by atoms with van der Waals surface area (Å²) in [5, 5.41) is 13.6. The maximum Gasteiger partial charge on any atom is 3.00 e. The summed E-state index contributed by atoms with van der Waals surface area (Å²) in [7, 11) is 0. The molecule has 0 atom stereocenters. The van der Waals surface area contributed by atoms with Gasteiger partial charge in [-0.25, -0.2) is 0 Å². The summed E-state index contributed by atoms with van der Waals surface area (Å²) < 4.78 is 0. The van der Waals surface area contributed by atoms with Crippen LogP contribution >= 0.6 is 0 Å². The van der Waals surface area contributed by atoms with Crippen molar-refractivity contribution in [3.63, 3.8) is 0 Å². The Hall–Kier alpha value is 0.225. The first kappa shape index (κ1) is 26.9. The van der Waals surface area contributed by atoms with Crippen molar-refractivity contribution in [2.75, 3.05) is 0 Å². The minimum Gasteiger partial charge on any atom is -0.412 e. The van der Waals surface area contributed by atoms with Crippen LogP contribution in [0.1, 0.15) is 0 Å². The monoisotopic (exact) mass is 135 g/mol. The van der Waals surface area contributed by atoms with Crippen LogP contribution < -0.4 is 0 Å². The summed E-state index contributed by atoms with van der Waals surface area (Å²) in [5.74, 6) is 0. The Morgan fingerprint density at radius 1 is 1.43 bits per heavy atom. The van der Waals surface area contributed by atoms with Gasteiger partial charge < -0.3 is 10.7 Å². The number of hydrogen-bond donors (Lipinski definition) is 1. The first-order valence-electron chi connectivity index (χ1n) is 0.565. The number of hydrogen-bond acceptors (Lipinski definition) is 2. The van der Waals surface area contributed by atoms with E-state index in [0.717, 1.165) is 0 Å². The molecule has 0 aromatic heterocycles. The summed E-state index contributed by atoms with van der Waals surface area (Å²) in [6.45, 7) is 0. The fraction of sp³-hybridized carbons (Fsp3) is 0. The Labute approximate surface area is 61.0 Å². The molecule has 0 bridgehead atoms. The predicted octanol–water partition coefficient (Wildman–Crippen LogP) is -1.93. The third kappa shape index (κ3) is 2200. The molecule has 0 spiro atoms. The van der Waals surface area contributed by atoms with Crippen LogP contribution in [0.3, 0.4) is 0 Å². The topological polar surface area (TPSA) is 94.9 Å². The smallest absolute Gasteiger partial charge is 0.412 e. The van der Waals surface area contributed by atoms with Crippen LogP contribution in [0.5, 0.6) is 0 Å². The van der Waals surface area contributed by atoms with Crippen molar-refractivity contribution < 1.29 is 15.8 Å². The molecule has 0 aromatic carbocycles. The van der Waals surface area contributed by atoms with E-state index in [0.29, 0.717) is 0 Å². The molecule has 3 N–H and O–H groups in total. The largest absolute Gasteiger partial charge is 3.00 e. The molecule has 0 aliphatic heterocycles. The predicted molar refractivity (Wildman–Crippen MR) is 23.9 cm³/mol. The van der Waals surface area contributed by atoms with Gasteiger partial charge in [-0.3, -0.25) is 0 Å². The van der Waals surface area contributed by atoms with Crippen LogP contribution in [0.25, 0.3) is 0 Å². The Morgan fingerprint density at radius 2 is 1.43 bits per heavy atom. The van der Waals surface area contributed by atoms with Gasteiger partial charge in [0.05, 0.1) is 0 Å². The van der Waals surface area contributed by atoms with E-state index < -0.39 is 5.09 Å². The molecule has 0 amide bonds. The van der Waals surface area contributed by atoms with Gasteiger partial charge in [-0.05, 0) is 0 Å². The first-order chi connectivity index (χ1) is 1.73. The fourth-order valence-electron chi connectivity index (χ4n) is 0. The molecule has 0 aromatic rings. The average molecular weight is 135 g/mol. The third-order valence-electron chi connectivity index (χ3n) is 0. The van der Waals surface area contributed by atoms with E-state index in [9.17, 15) is 0 Å². The Balaban J connectivity index is -0.0000000150. The Morgan fingerprint density at radius 3 is 1.43 bits per heavy atom. The third-order valence-corrected chi connectivity index (χ3v) is 0. The molecule has 0 radical (unpaired) electrons. The van der Waals surface area contributed by atoms with E-state index in [1.165, 1.54) is 0 Å². The normalized spacial score (nSPS) is 3.43. The zero-order valence-corrected chi connectivity index (χ0v) is 5.68. The van der Waals surface area contributed by atoms with E-state index in [4.69, 9.17) is 15.3 Å². The molecule has 7 heteroatoms. The van der Waals surface area contributed by atoms with Crippen molar-refractivity contribution in [3.05, 3.63) is 10.1 Å². The molecule has 0 fully saturated rings. The Bertz CT molecular complexity index is 32.7. The molecule has 0 aliphatic carbocycles. The first-order valence-corrected chi connectivity index (χ1v) is 0.565. The van der Waals surface area contributed by atoms with Gasteiger partial charge in [-0.15, -0.1) is 10.1 Å². The maximum absolute atomic E-state index is 8.36. The van der Waals surface area contributed by atoms with E-state index in [-0.39, 0.29) is 40.2 Å². The summed E-state index contributed by atoms with van der Waals surface area (Å²) in [4.78, 5) is 8.36. The second-order valence-electron chi connectivity index (χ2n) is 0.238. The van der Waals surface area contributed by atoms with Gasteiger partial charge in [0.15, 0.2) is 0 Å². The van der Waals surface area contributed by atoms with Crippen LogP contribution in [0, 0.1) is 10.1 Å². The van der Waals surface area contributed by atoms with Gasteiger partial charge >= 0.3 is 34.7 Å². The van der Waals surface area contributed by atoms with Crippen molar-refractivity contribution in [3.8, 4) is 0 Å². The molecule has 0 saturated heterocycles. The fourth-order valence-corrected chi connectivity index (χ4v) is 0. The zero-order valence-electron chi connectivity index (χ0n) is 3.37.